The van der Waals surface area contributed by atoms with Crippen LogP contribution in [0.4, 0.5) is 4.79 Å². The molecule has 0 aliphatic rings. The standard InChI is InChI=1S/C21H25N3O4/c1-4-10-24-15(2)11-18(16(24)3)19(25)14-28-20(26)13-23-21(27)22-12-17-8-6-5-7-9-17/h4-9,11H,1,10,12-14H2,2-3H3,(H2,22,23,27). The molecule has 0 atom stereocenters. The van der Waals surface area contributed by atoms with Crippen LogP contribution in [-0.2, 0) is 22.6 Å². The number of carbonyl (C=O) groups excluding carboxylic acids is 3. The Balaban J connectivity index is 1.74. The van der Waals surface area contributed by atoms with Crippen molar-refractivity contribution in [3.05, 3.63) is 71.6 Å². The SMILES string of the molecule is C=CCn1c(C)cc(C(=O)COC(=O)CNC(=O)NCc2ccccc2)c1C. The second-order valence-electron chi connectivity index (χ2n) is 6.29. The van der Waals surface area contributed by atoms with Crippen molar-refractivity contribution in [1.82, 2.24) is 15.2 Å². The molecule has 0 saturated heterocycles. The molecule has 2 rings (SSSR count). The van der Waals surface area contributed by atoms with Gasteiger partial charge in [0.25, 0.3) is 0 Å². The van der Waals surface area contributed by atoms with Crippen LogP contribution in [0.25, 0.3) is 0 Å². The monoisotopic (exact) mass is 383 g/mol. The van der Waals surface area contributed by atoms with Crippen LogP contribution in [0.15, 0.2) is 49.1 Å². The average Bonchev–Trinajstić information content (AvgIpc) is 2.98. The quantitative estimate of drug-likeness (QED) is 0.396. The molecule has 0 saturated carbocycles. The van der Waals surface area contributed by atoms with Crippen LogP contribution in [0.1, 0.15) is 27.3 Å². The van der Waals surface area contributed by atoms with Gasteiger partial charge in [-0.1, -0.05) is 36.4 Å². The number of nitrogens with zero attached hydrogens (tertiary/aromatic N) is 1. The first kappa shape index (κ1) is 21.0. The summed E-state index contributed by atoms with van der Waals surface area (Å²) < 4.78 is 6.93. The van der Waals surface area contributed by atoms with Crippen molar-refractivity contribution in [2.24, 2.45) is 0 Å². The number of amides is 2. The molecule has 28 heavy (non-hydrogen) atoms. The van der Waals surface area contributed by atoms with Crippen molar-refractivity contribution >= 4 is 17.8 Å². The molecule has 2 amide bonds. The molecule has 0 fully saturated rings. The fourth-order valence-corrected chi connectivity index (χ4v) is 2.76. The van der Waals surface area contributed by atoms with Crippen LogP contribution in [0, 0.1) is 13.8 Å². The van der Waals surface area contributed by atoms with Crippen molar-refractivity contribution in [2.45, 2.75) is 26.9 Å². The summed E-state index contributed by atoms with van der Waals surface area (Å²) in [6.07, 6.45) is 1.75. The highest BCUT2D eigenvalue weighted by Crippen LogP contribution is 2.16. The average molecular weight is 383 g/mol. The number of ketones is 1. The largest absolute Gasteiger partial charge is 0.456 e. The Hall–Kier alpha value is -3.35. The first-order valence-electron chi connectivity index (χ1n) is 8.94. The van der Waals surface area contributed by atoms with E-state index >= 15 is 0 Å². The van der Waals surface area contributed by atoms with Crippen molar-refractivity contribution in [3.8, 4) is 0 Å². The molecule has 0 bridgehead atoms. The number of rotatable bonds is 9. The lowest BCUT2D eigenvalue weighted by atomic mass is 10.1. The van der Waals surface area contributed by atoms with E-state index in [0.29, 0.717) is 18.7 Å². The summed E-state index contributed by atoms with van der Waals surface area (Å²) >= 11 is 0. The van der Waals surface area contributed by atoms with E-state index in [-0.39, 0.29) is 18.9 Å². The summed E-state index contributed by atoms with van der Waals surface area (Å²) in [6.45, 7) is 7.70. The van der Waals surface area contributed by atoms with Crippen molar-refractivity contribution in [1.29, 1.82) is 0 Å². The highest BCUT2D eigenvalue weighted by Gasteiger charge is 2.17. The number of aromatic nitrogens is 1. The van der Waals surface area contributed by atoms with Crippen molar-refractivity contribution < 1.29 is 19.1 Å². The topological polar surface area (TPSA) is 89.4 Å². The van der Waals surface area contributed by atoms with Gasteiger partial charge in [0.15, 0.2) is 6.61 Å². The van der Waals surface area contributed by atoms with Gasteiger partial charge in [-0.3, -0.25) is 9.59 Å². The van der Waals surface area contributed by atoms with E-state index in [0.717, 1.165) is 17.0 Å². The summed E-state index contributed by atoms with van der Waals surface area (Å²) in [7, 11) is 0. The second-order valence-corrected chi connectivity index (χ2v) is 6.29. The minimum Gasteiger partial charge on any atom is -0.456 e. The summed E-state index contributed by atoms with van der Waals surface area (Å²) in [5.41, 5.74) is 3.20. The van der Waals surface area contributed by atoms with Gasteiger partial charge in [-0.25, -0.2) is 4.79 Å². The fourth-order valence-electron chi connectivity index (χ4n) is 2.76. The zero-order valence-corrected chi connectivity index (χ0v) is 16.2. The summed E-state index contributed by atoms with van der Waals surface area (Å²) in [4.78, 5) is 35.8. The van der Waals surface area contributed by atoms with E-state index in [4.69, 9.17) is 4.74 Å². The van der Waals surface area contributed by atoms with E-state index in [1.807, 2.05) is 48.7 Å². The Morgan fingerprint density at radius 3 is 2.54 bits per heavy atom. The van der Waals surface area contributed by atoms with Crippen LogP contribution < -0.4 is 10.6 Å². The highest BCUT2D eigenvalue weighted by molar-refractivity contribution is 5.99. The van der Waals surface area contributed by atoms with Gasteiger partial charge < -0.3 is 19.9 Å². The van der Waals surface area contributed by atoms with Crippen LogP contribution >= 0.6 is 0 Å². The van der Waals surface area contributed by atoms with Gasteiger partial charge in [0.1, 0.15) is 6.54 Å². The minimum absolute atomic E-state index is 0.287. The maximum atomic E-state index is 12.3. The van der Waals surface area contributed by atoms with Gasteiger partial charge in [0, 0.05) is 30.0 Å². The smallest absolute Gasteiger partial charge is 0.325 e. The summed E-state index contributed by atoms with van der Waals surface area (Å²) in [5, 5.41) is 5.04. The van der Waals surface area contributed by atoms with Gasteiger partial charge in [0.05, 0.1) is 0 Å². The van der Waals surface area contributed by atoms with E-state index < -0.39 is 12.0 Å². The number of benzene rings is 1. The molecule has 148 valence electrons. The number of allylic oxidation sites excluding steroid dienone is 1. The number of urea groups is 1. The van der Waals surface area contributed by atoms with Gasteiger partial charge in [-0.05, 0) is 25.5 Å². The molecular weight excluding hydrogens is 358 g/mol. The van der Waals surface area contributed by atoms with Gasteiger partial charge >= 0.3 is 12.0 Å². The maximum absolute atomic E-state index is 12.3. The van der Waals surface area contributed by atoms with Gasteiger partial charge in [-0.2, -0.15) is 0 Å². The first-order valence-corrected chi connectivity index (χ1v) is 8.94. The molecule has 0 spiro atoms. The number of carbonyl (C=O) groups is 3. The minimum atomic E-state index is -0.678. The van der Waals surface area contributed by atoms with Crippen LogP contribution in [-0.4, -0.2) is 35.5 Å². The van der Waals surface area contributed by atoms with E-state index in [9.17, 15) is 14.4 Å². The Morgan fingerprint density at radius 1 is 1.14 bits per heavy atom. The molecule has 7 nitrogen and oxygen atoms in total. The number of hydrogen-bond donors (Lipinski definition) is 2. The number of esters is 1. The van der Waals surface area contributed by atoms with Crippen molar-refractivity contribution in [3.63, 3.8) is 0 Å². The molecule has 7 heteroatoms. The van der Waals surface area contributed by atoms with E-state index in [1.54, 1.807) is 12.1 Å². The normalized spacial score (nSPS) is 10.2. The molecule has 0 aliphatic heterocycles. The van der Waals surface area contributed by atoms with Gasteiger partial charge in [0.2, 0.25) is 5.78 Å². The molecule has 2 N–H and O–H groups in total. The Labute approximate surface area is 164 Å². The molecule has 1 heterocycles. The third-order valence-electron chi connectivity index (χ3n) is 4.24. The van der Waals surface area contributed by atoms with Gasteiger partial charge in [-0.15, -0.1) is 6.58 Å². The lowest BCUT2D eigenvalue weighted by molar-refractivity contribution is -0.141. The maximum Gasteiger partial charge on any atom is 0.325 e. The third kappa shape index (κ3) is 5.84. The molecule has 1 aromatic heterocycles. The molecule has 0 radical (unpaired) electrons. The molecule has 0 aliphatic carbocycles. The highest BCUT2D eigenvalue weighted by atomic mass is 16.5. The number of Topliss-reactive ketones (excluding diaryl/α,β-unsaturated/α-hetero) is 1. The lowest BCUT2D eigenvalue weighted by Gasteiger charge is -2.08. The Bertz CT molecular complexity index is 856. The van der Waals surface area contributed by atoms with Crippen LogP contribution in [0.2, 0.25) is 0 Å². The Morgan fingerprint density at radius 2 is 1.86 bits per heavy atom. The predicted molar refractivity (Wildman–Crippen MR) is 106 cm³/mol. The lowest BCUT2D eigenvalue weighted by Crippen LogP contribution is -2.38. The Kier molecular flexibility index (Phi) is 7.56. The third-order valence-corrected chi connectivity index (χ3v) is 4.24. The first-order chi connectivity index (χ1) is 13.4. The number of ether oxygens (including phenoxy) is 1. The summed E-state index contributed by atoms with van der Waals surface area (Å²) in [6, 6.07) is 10.7. The zero-order chi connectivity index (χ0) is 20.5. The van der Waals surface area contributed by atoms with E-state index in [2.05, 4.69) is 17.2 Å². The second kappa shape index (κ2) is 10.1. The number of nitrogens with one attached hydrogen (secondary N) is 2. The fraction of sp³-hybridized carbons (Fsp3) is 0.286. The zero-order valence-electron chi connectivity index (χ0n) is 16.2. The summed E-state index contributed by atoms with van der Waals surface area (Å²) in [5.74, 6) is -0.964. The van der Waals surface area contributed by atoms with Crippen LogP contribution in [0.3, 0.4) is 0 Å². The number of aryl methyl sites for hydroxylation is 1. The number of hydrogen-bond acceptors (Lipinski definition) is 4. The van der Waals surface area contributed by atoms with Crippen LogP contribution in [0.5, 0.6) is 0 Å². The molecule has 2 aromatic rings. The molecule has 0 unspecified atom stereocenters. The molecular formula is C21H25N3O4. The predicted octanol–water partition coefficient (Wildman–Crippen LogP) is 2.52. The molecule has 1 aromatic carbocycles. The van der Waals surface area contributed by atoms with Crippen molar-refractivity contribution in [2.75, 3.05) is 13.2 Å². The van der Waals surface area contributed by atoms with E-state index in [1.165, 1.54) is 0 Å².